The molecule has 3 rings (SSSR count). The Morgan fingerprint density at radius 2 is 2.18 bits per heavy atom. The number of benzene rings is 1. The summed E-state index contributed by atoms with van der Waals surface area (Å²) in [5, 5.41) is 3.47. The van der Waals surface area contributed by atoms with Crippen LogP contribution in [0.5, 0.6) is 5.75 Å². The zero-order chi connectivity index (χ0) is 15.5. The van der Waals surface area contributed by atoms with Gasteiger partial charge in [0.05, 0.1) is 12.8 Å². The summed E-state index contributed by atoms with van der Waals surface area (Å²) in [6.45, 7) is 2.66. The van der Waals surface area contributed by atoms with Gasteiger partial charge < -0.3 is 9.47 Å². The van der Waals surface area contributed by atoms with Gasteiger partial charge in [0.2, 0.25) is 0 Å². The zero-order valence-corrected chi connectivity index (χ0v) is 13.4. The molecule has 1 aromatic carbocycles. The second-order valence-electron chi connectivity index (χ2n) is 5.14. The summed E-state index contributed by atoms with van der Waals surface area (Å²) in [6.07, 6.45) is 1.38. The first-order chi connectivity index (χ1) is 10.7. The van der Waals surface area contributed by atoms with Gasteiger partial charge >= 0.3 is 0 Å². The third-order valence-electron chi connectivity index (χ3n) is 3.61. The van der Waals surface area contributed by atoms with Gasteiger partial charge in [-0.25, -0.2) is 4.98 Å². The molecule has 1 aliphatic rings. The van der Waals surface area contributed by atoms with Crippen LogP contribution in [0.1, 0.15) is 17.7 Å². The second kappa shape index (κ2) is 6.46. The number of nitrogens with one attached hydrogen (secondary N) is 1. The Morgan fingerprint density at radius 3 is 2.82 bits per heavy atom. The normalized spacial score (nSPS) is 17.5. The van der Waals surface area contributed by atoms with Crippen LogP contribution < -0.4 is 10.1 Å². The van der Waals surface area contributed by atoms with Crippen molar-refractivity contribution in [3.8, 4) is 17.0 Å². The minimum absolute atomic E-state index is 0.104. The lowest BCUT2D eigenvalue weighted by molar-refractivity contribution is -0.124. The highest BCUT2D eigenvalue weighted by Crippen LogP contribution is 2.31. The predicted octanol–water partition coefficient (Wildman–Crippen LogP) is 3.24. The summed E-state index contributed by atoms with van der Waals surface area (Å²) in [6, 6.07) is 7.73. The van der Waals surface area contributed by atoms with Gasteiger partial charge in [-0.1, -0.05) is 0 Å². The van der Waals surface area contributed by atoms with E-state index in [0.29, 0.717) is 11.7 Å². The SMILES string of the molecule is COc1ccc(-c2nc(NC(=O)[C@H]3CCCO3)sc2C)cc1. The first-order valence-corrected chi connectivity index (χ1v) is 8.03. The Balaban J connectivity index is 1.76. The molecule has 1 amide bonds. The number of carbonyl (C=O) groups excluding carboxylic acids is 1. The third-order valence-corrected chi connectivity index (χ3v) is 4.50. The highest BCUT2D eigenvalue weighted by molar-refractivity contribution is 7.16. The van der Waals surface area contributed by atoms with E-state index >= 15 is 0 Å². The van der Waals surface area contributed by atoms with Crippen molar-refractivity contribution in [2.45, 2.75) is 25.9 Å². The van der Waals surface area contributed by atoms with Crippen molar-refractivity contribution in [3.05, 3.63) is 29.1 Å². The van der Waals surface area contributed by atoms with Crippen LogP contribution in [0.25, 0.3) is 11.3 Å². The molecule has 0 bridgehead atoms. The third kappa shape index (κ3) is 3.13. The van der Waals surface area contributed by atoms with E-state index in [-0.39, 0.29) is 12.0 Å². The van der Waals surface area contributed by atoms with E-state index in [1.54, 1.807) is 7.11 Å². The molecule has 0 radical (unpaired) electrons. The molecule has 0 saturated carbocycles. The number of aryl methyl sites for hydroxylation is 1. The Hall–Kier alpha value is -1.92. The number of methoxy groups -OCH3 is 1. The number of ether oxygens (including phenoxy) is 2. The molecule has 1 fully saturated rings. The van der Waals surface area contributed by atoms with Crippen LogP contribution in [-0.2, 0) is 9.53 Å². The molecule has 2 heterocycles. The van der Waals surface area contributed by atoms with Crippen LogP contribution in [0, 0.1) is 6.92 Å². The molecule has 1 N–H and O–H groups in total. The van der Waals surface area contributed by atoms with E-state index in [4.69, 9.17) is 9.47 Å². The van der Waals surface area contributed by atoms with E-state index in [2.05, 4.69) is 10.3 Å². The topological polar surface area (TPSA) is 60.5 Å². The van der Waals surface area contributed by atoms with Gasteiger partial charge in [0.15, 0.2) is 5.13 Å². The minimum Gasteiger partial charge on any atom is -0.497 e. The number of rotatable bonds is 4. The molecule has 0 unspecified atom stereocenters. The summed E-state index contributed by atoms with van der Waals surface area (Å²) in [7, 11) is 1.64. The maximum absolute atomic E-state index is 12.1. The molecule has 1 aliphatic heterocycles. The monoisotopic (exact) mass is 318 g/mol. The maximum Gasteiger partial charge on any atom is 0.255 e. The maximum atomic E-state index is 12.1. The van der Waals surface area contributed by atoms with E-state index in [9.17, 15) is 4.79 Å². The average Bonchev–Trinajstić information content (AvgIpc) is 3.17. The number of anilines is 1. The van der Waals surface area contributed by atoms with E-state index in [1.807, 2.05) is 31.2 Å². The fourth-order valence-corrected chi connectivity index (χ4v) is 3.28. The van der Waals surface area contributed by atoms with Gasteiger partial charge in [-0.3, -0.25) is 10.1 Å². The van der Waals surface area contributed by atoms with Gasteiger partial charge in [0, 0.05) is 17.0 Å². The molecular formula is C16H18N2O3S. The number of nitrogens with zero attached hydrogens (tertiary/aromatic N) is 1. The van der Waals surface area contributed by atoms with Crippen molar-refractivity contribution >= 4 is 22.4 Å². The highest BCUT2D eigenvalue weighted by atomic mass is 32.1. The lowest BCUT2D eigenvalue weighted by Crippen LogP contribution is -2.26. The van der Waals surface area contributed by atoms with Crippen LogP contribution >= 0.6 is 11.3 Å². The summed E-state index contributed by atoms with van der Waals surface area (Å²) in [5.41, 5.74) is 1.89. The fourth-order valence-electron chi connectivity index (χ4n) is 2.44. The lowest BCUT2D eigenvalue weighted by atomic mass is 10.1. The molecule has 116 valence electrons. The Labute approximate surface area is 133 Å². The zero-order valence-electron chi connectivity index (χ0n) is 12.6. The van der Waals surface area contributed by atoms with Crippen molar-refractivity contribution in [1.82, 2.24) is 4.98 Å². The van der Waals surface area contributed by atoms with E-state index in [0.717, 1.165) is 34.7 Å². The van der Waals surface area contributed by atoms with Gasteiger partial charge in [-0.15, -0.1) is 11.3 Å². The highest BCUT2D eigenvalue weighted by Gasteiger charge is 2.24. The van der Waals surface area contributed by atoms with Crippen molar-refractivity contribution < 1.29 is 14.3 Å². The summed E-state index contributed by atoms with van der Waals surface area (Å²) < 4.78 is 10.5. The van der Waals surface area contributed by atoms with Crippen LogP contribution in [0.15, 0.2) is 24.3 Å². The summed E-state index contributed by atoms with van der Waals surface area (Å²) in [4.78, 5) is 17.7. The average molecular weight is 318 g/mol. The van der Waals surface area contributed by atoms with Gasteiger partial charge in [-0.05, 0) is 44.0 Å². The minimum atomic E-state index is -0.339. The quantitative estimate of drug-likeness (QED) is 0.940. The van der Waals surface area contributed by atoms with Gasteiger partial charge in [0.25, 0.3) is 5.91 Å². The molecular weight excluding hydrogens is 300 g/mol. The Bertz CT molecular complexity index is 661. The van der Waals surface area contributed by atoms with Crippen LogP contribution in [0.3, 0.4) is 0 Å². The van der Waals surface area contributed by atoms with Crippen molar-refractivity contribution in [2.24, 2.45) is 0 Å². The molecule has 2 aromatic rings. The van der Waals surface area contributed by atoms with Crippen molar-refractivity contribution in [2.75, 3.05) is 19.0 Å². The van der Waals surface area contributed by atoms with E-state index < -0.39 is 0 Å². The first kappa shape index (κ1) is 15.0. The molecule has 22 heavy (non-hydrogen) atoms. The van der Waals surface area contributed by atoms with Gasteiger partial charge in [-0.2, -0.15) is 0 Å². The predicted molar refractivity (Wildman–Crippen MR) is 86.4 cm³/mol. The van der Waals surface area contributed by atoms with Crippen molar-refractivity contribution in [1.29, 1.82) is 0 Å². The Morgan fingerprint density at radius 1 is 1.41 bits per heavy atom. The standard InChI is InChI=1S/C16H18N2O3S/c1-10-14(11-5-7-12(20-2)8-6-11)17-16(22-10)18-15(19)13-4-3-9-21-13/h5-8,13H,3-4,9H2,1-2H3,(H,17,18,19)/t13-/m1/s1. The van der Waals surface area contributed by atoms with Crippen LogP contribution in [-0.4, -0.2) is 30.7 Å². The number of amides is 1. The fraction of sp³-hybridized carbons (Fsp3) is 0.375. The second-order valence-corrected chi connectivity index (χ2v) is 6.35. The number of aromatic nitrogens is 1. The molecule has 1 saturated heterocycles. The Kier molecular flexibility index (Phi) is 4.40. The van der Waals surface area contributed by atoms with Crippen molar-refractivity contribution in [3.63, 3.8) is 0 Å². The summed E-state index contributed by atoms with van der Waals surface area (Å²) in [5.74, 6) is 0.705. The number of hydrogen-bond donors (Lipinski definition) is 1. The van der Waals surface area contributed by atoms with Crippen LogP contribution in [0.4, 0.5) is 5.13 Å². The number of hydrogen-bond acceptors (Lipinski definition) is 5. The lowest BCUT2D eigenvalue weighted by Gasteiger charge is -2.07. The summed E-state index contributed by atoms with van der Waals surface area (Å²) >= 11 is 1.48. The smallest absolute Gasteiger partial charge is 0.255 e. The number of thiazole rings is 1. The van der Waals surface area contributed by atoms with Gasteiger partial charge in [0.1, 0.15) is 11.9 Å². The molecule has 5 nitrogen and oxygen atoms in total. The number of carbonyl (C=O) groups is 1. The molecule has 0 aliphatic carbocycles. The molecule has 0 spiro atoms. The van der Waals surface area contributed by atoms with Crippen LogP contribution in [0.2, 0.25) is 0 Å². The molecule has 6 heteroatoms. The molecule has 1 aromatic heterocycles. The first-order valence-electron chi connectivity index (χ1n) is 7.21. The largest absolute Gasteiger partial charge is 0.497 e. The molecule has 1 atom stereocenters. The van der Waals surface area contributed by atoms with E-state index in [1.165, 1.54) is 11.3 Å².